The van der Waals surface area contributed by atoms with Crippen LogP contribution in [0, 0.1) is 11.8 Å². The minimum atomic E-state index is 0.0746. The molecule has 0 bridgehead atoms. The maximum atomic E-state index is 11.6. The van der Waals surface area contributed by atoms with Gasteiger partial charge in [0, 0.05) is 11.8 Å². The Labute approximate surface area is 129 Å². The monoisotopic (exact) mass is 282 g/mol. The number of carbonyl (C=O) groups excluding carboxylic acids is 1. The molecule has 0 amide bonds. The third kappa shape index (κ3) is 1.51. The first-order chi connectivity index (χ1) is 10.8. The van der Waals surface area contributed by atoms with Gasteiger partial charge >= 0.3 is 0 Å². The lowest BCUT2D eigenvalue weighted by Crippen LogP contribution is -2.19. The van der Waals surface area contributed by atoms with Gasteiger partial charge in [-0.1, -0.05) is 60.8 Å². The standard InChI is InChI=1S/C21H14O/c22-15-6-9-17-14(12-15)5-8-21-19(17)11-10-18-16-3-1-2-13(16)4-7-20(18)21/h1-12,16,21H. The summed E-state index contributed by atoms with van der Waals surface area (Å²) in [5.41, 5.74) is 7.70. The van der Waals surface area contributed by atoms with Crippen molar-refractivity contribution in [1.82, 2.24) is 0 Å². The lowest BCUT2D eigenvalue weighted by molar-refractivity contribution is -0.110. The summed E-state index contributed by atoms with van der Waals surface area (Å²) in [6, 6.07) is 0. The maximum absolute atomic E-state index is 11.6. The second-order valence-corrected chi connectivity index (χ2v) is 6.15. The van der Waals surface area contributed by atoms with Gasteiger partial charge in [0.15, 0.2) is 5.78 Å². The SMILES string of the molecule is O=C1C=CC2=C3C=CC4=C(C=CC5=CC=CC54)C3C=CC2=C1. The first-order valence-electron chi connectivity index (χ1n) is 7.66. The molecule has 0 saturated carbocycles. The van der Waals surface area contributed by atoms with E-state index in [1.165, 1.54) is 27.9 Å². The number of hydrogen-bond acceptors (Lipinski definition) is 1. The van der Waals surface area contributed by atoms with Crippen molar-refractivity contribution in [3.63, 3.8) is 0 Å². The van der Waals surface area contributed by atoms with Crippen LogP contribution in [0.15, 0.2) is 106 Å². The molecule has 0 fully saturated rings. The first-order valence-corrected chi connectivity index (χ1v) is 7.66. The summed E-state index contributed by atoms with van der Waals surface area (Å²) in [5, 5.41) is 0. The molecule has 1 nitrogen and oxygen atoms in total. The van der Waals surface area contributed by atoms with Gasteiger partial charge in [-0.25, -0.2) is 0 Å². The predicted octanol–water partition coefficient (Wildman–Crippen LogP) is 4.08. The van der Waals surface area contributed by atoms with E-state index in [9.17, 15) is 4.79 Å². The van der Waals surface area contributed by atoms with Gasteiger partial charge in [-0.2, -0.15) is 0 Å². The van der Waals surface area contributed by atoms with Gasteiger partial charge < -0.3 is 0 Å². The Kier molecular flexibility index (Phi) is 2.26. The van der Waals surface area contributed by atoms with E-state index in [4.69, 9.17) is 0 Å². The van der Waals surface area contributed by atoms with E-state index in [2.05, 4.69) is 54.7 Å². The zero-order valence-electron chi connectivity index (χ0n) is 12.0. The van der Waals surface area contributed by atoms with Crippen LogP contribution < -0.4 is 0 Å². The van der Waals surface area contributed by atoms with Crippen LogP contribution in [0.1, 0.15) is 0 Å². The highest BCUT2D eigenvalue weighted by molar-refractivity contribution is 6.03. The molecule has 5 aliphatic carbocycles. The topological polar surface area (TPSA) is 17.1 Å². The highest BCUT2D eigenvalue weighted by Crippen LogP contribution is 2.46. The molecule has 2 unspecified atom stereocenters. The average molecular weight is 282 g/mol. The number of ketones is 1. The lowest BCUT2D eigenvalue weighted by Gasteiger charge is -2.33. The molecule has 0 aromatic rings. The Bertz CT molecular complexity index is 888. The van der Waals surface area contributed by atoms with Crippen LogP contribution in [0.4, 0.5) is 0 Å². The zero-order chi connectivity index (χ0) is 14.7. The van der Waals surface area contributed by atoms with Crippen molar-refractivity contribution < 1.29 is 4.79 Å². The van der Waals surface area contributed by atoms with E-state index in [1.807, 2.05) is 6.08 Å². The minimum Gasteiger partial charge on any atom is -0.290 e. The number of allylic oxidation sites excluding steroid dienone is 18. The number of carbonyl (C=O) groups is 1. The Morgan fingerprint density at radius 3 is 2.50 bits per heavy atom. The first kappa shape index (κ1) is 11.9. The van der Waals surface area contributed by atoms with Crippen molar-refractivity contribution in [1.29, 1.82) is 0 Å². The lowest BCUT2D eigenvalue weighted by atomic mass is 9.71. The van der Waals surface area contributed by atoms with Gasteiger partial charge in [-0.15, -0.1) is 0 Å². The largest absolute Gasteiger partial charge is 0.290 e. The fourth-order valence-electron chi connectivity index (χ4n) is 3.94. The number of hydrogen-bond donors (Lipinski definition) is 0. The van der Waals surface area contributed by atoms with E-state index < -0.39 is 0 Å². The van der Waals surface area contributed by atoms with E-state index in [0.717, 1.165) is 5.57 Å². The van der Waals surface area contributed by atoms with Gasteiger partial charge in [0.2, 0.25) is 0 Å². The molecule has 104 valence electrons. The van der Waals surface area contributed by atoms with Crippen LogP contribution in [-0.2, 0) is 4.79 Å². The van der Waals surface area contributed by atoms with E-state index in [1.54, 1.807) is 12.2 Å². The van der Waals surface area contributed by atoms with Crippen molar-refractivity contribution in [2.75, 3.05) is 0 Å². The van der Waals surface area contributed by atoms with Gasteiger partial charge in [-0.05, 0) is 45.6 Å². The average Bonchev–Trinajstić information content (AvgIpc) is 3.02. The maximum Gasteiger partial charge on any atom is 0.179 e. The molecular formula is C21H14O. The van der Waals surface area contributed by atoms with Gasteiger partial charge in [0.25, 0.3) is 0 Å². The second kappa shape index (κ2) is 4.17. The van der Waals surface area contributed by atoms with Crippen LogP contribution in [0.25, 0.3) is 0 Å². The van der Waals surface area contributed by atoms with Crippen molar-refractivity contribution in [3.8, 4) is 0 Å². The Hall–Kier alpha value is -2.67. The molecule has 0 saturated heterocycles. The highest BCUT2D eigenvalue weighted by atomic mass is 16.1. The van der Waals surface area contributed by atoms with Crippen LogP contribution in [0.5, 0.6) is 0 Å². The minimum absolute atomic E-state index is 0.0746. The third-order valence-corrected chi connectivity index (χ3v) is 4.99. The van der Waals surface area contributed by atoms with Gasteiger partial charge in [0.1, 0.15) is 0 Å². The number of rotatable bonds is 0. The summed E-state index contributed by atoms with van der Waals surface area (Å²) >= 11 is 0. The van der Waals surface area contributed by atoms with Crippen LogP contribution in [-0.4, -0.2) is 5.78 Å². The third-order valence-electron chi connectivity index (χ3n) is 4.99. The molecule has 5 aliphatic rings. The van der Waals surface area contributed by atoms with Gasteiger partial charge in [0.05, 0.1) is 0 Å². The summed E-state index contributed by atoms with van der Waals surface area (Å²) in [6.07, 6.45) is 25.3. The van der Waals surface area contributed by atoms with E-state index in [-0.39, 0.29) is 5.78 Å². The van der Waals surface area contributed by atoms with Crippen LogP contribution in [0.3, 0.4) is 0 Å². The molecule has 0 N–H and O–H groups in total. The molecule has 0 heterocycles. The normalized spacial score (nSPS) is 30.1. The van der Waals surface area contributed by atoms with Crippen LogP contribution in [0.2, 0.25) is 0 Å². The summed E-state index contributed by atoms with van der Waals surface area (Å²) in [7, 11) is 0. The van der Waals surface area contributed by atoms with E-state index in [0.29, 0.717) is 11.8 Å². The zero-order valence-corrected chi connectivity index (χ0v) is 12.0. The summed E-state index contributed by atoms with van der Waals surface area (Å²) in [6.45, 7) is 0. The molecule has 2 atom stereocenters. The highest BCUT2D eigenvalue weighted by Gasteiger charge is 2.32. The van der Waals surface area contributed by atoms with Crippen LogP contribution >= 0.6 is 0 Å². The predicted molar refractivity (Wildman–Crippen MR) is 87.9 cm³/mol. The molecule has 22 heavy (non-hydrogen) atoms. The Balaban J connectivity index is 1.67. The van der Waals surface area contributed by atoms with Crippen molar-refractivity contribution in [2.45, 2.75) is 0 Å². The van der Waals surface area contributed by atoms with E-state index >= 15 is 0 Å². The summed E-state index contributed by atoms with van der Waals surface area (Å²) in [5.74, 6) is 0.791. The molecule has 0 aromatic heterocycles. The fraction of sp³-hybridized carbons (Fsp3) is 0.0952. The van der Waals surface area contributed by atoms with Crippen molar-refractivity contribution in [3.05, 3.63) is 106 Å². The Morgan fingerprint density at radius 2 is 1.55 bits per heavy atom. The molecule has 0 aliphatic heterocycles. The summed E-state index contributed by atoms with van der Waals surface area (Å²) < 4.78 is 0. The summed E-state index contributed by atoms with van der Waals surface area (Å²) in [4.78, 5) is 11.6. The molecular weight excluding hydrogens is 268 g/mol. The smallest absolute Gasteiger partial charge is 0.179 e. The van der Waals surface area contributed by atoms with Gasteiger partial charge in [-0.3, -0.25) is 4.79 Å². The molecule has 5 rings (SSSR count). The second-order valence-electron chi connectivity index (χ2n) is 6.15. The molecule has 0 radical (unpaired) electrons. The molecule has 0 aromatic carbocycles. The molecule has 0 spiro atoms. The van der Waals surface area contributed by atoms with Crippen molar-refractivity contribution in [2.24, 2.45) is 11.8 Å². The fourth-order valence-corrected chi connectivity index (χ4v) is 3.94. The van der Waals surface area contributed by atoms with Crippen molar-refractivity contribution >= 4 is 5.78 Å². The number of fused-ring (bicyclic) bond motifs is 5. The molecule has 1 heteroatoms. The Morgan fingerprint density at radius 1 is 0.727 bits per heavy atom. The quantitative estimate of drug-likeness (QED) is 0.654.